The lowest BCUT2D eigenvalue weighted by Crippen LogP contribution is -2.45. The molecule has 0 radical (unpaired) electrons. The number of benzene rings is 1. The van der Waals surface area contributed by atoms with Crippen molar-refractivity contribution in [3.05, 3.63) is 52.1 Å². The molecule has 1 atom stereocenters. The Kier molecular flexibility index (Phi) is 6.14. The molecule has 1 aliphatic rings. The van der Waals surface area contributed by atoms with Gasteiger partial charge in [0, 0.05) is 30.3 Å². The molecule has 1 saturated heterocycles. The van der Waals surface area contributed by atoms with Crippen LogP contribution in [-0.2, 0) is 6.42 Å². The van der Waals surface area contributed by atoms with Gasteiger partial charge in [-0.2, -0.15) is 0 Å². The number of likely N-dealkylation sites (tertiary alicyclic amines) is 1. The van der Waals surface area contributed by atoms with Crippen LogP contribution in [0.2, 0.25) is 0 Å². The monoisotopic (exact) mass is 439 g/mol. The van der Waals surface area contributed by atoms with Crippen LogP contribution in [0.3, 0.4) is 0 Å². The Balaban J connectivity index is 1.68. The summed E-state index contributed by atoms with van der Waals surface area (Å²) < 4.78 is 6.72. The first-order valence-electron chi connectivity index (χ1n) is 10.9. The molecule has 4 rings (SSSR count). The van der Waals surface area contributed by atoms with Gasteiger partial charge in [-0.3, -0.25) is 9.59 Å². The largest absolute Gasteiger partial charge is 0.436 e. The fourth-order valence-corrected chi connectivity index (χ4v) is 5.52. The van der Waals surface area contributed by atoms with Gasteiger partial charge in [-0.05, 0) is 63.5 Å². The van der Waals surface area contributed by atoms with E-state index in [-0.39, 0.29) is 23.9 Å². The summed E-state index contributed by atoms with van der Waals surface area (Å²) in [7, 11) is 0. The summed E-state index contributed by atoms with van der Waals surface area (Å²) in [4.78, 5) is 33.2. The van der Waals surface area contributed by atoms with E-state index >= 15 is 0 Å². The van der Waals surface area contributed by atoms with E-state index in [0.29, 0.717) is 30.3 Å². The zero-order valence-corrected chi connectivity index (χ0v) is 19.3. The molecule has 31 heavy (non-hydrogen) atoms. The van der Waals surface area contributed by atoms with Crippen LogP contribution in [-0.4, -0.2) is 40.3 Å². The average molecular weight is 440 g/mol. The fraction of sp³-hybridized carbons (Fsp3) is 0.458. The van der Waals surface area contributed by atoms with Crippen LogP contribution in [0.5, 0.6) is 0 Å². The Hall–Kier alpha value is -2.67. The molecule has 2 aromatic heterocycles. The van der Waals surface area contributed by atoms with Crippen molar-refractivity contribution in [3.63, 3.8) is 0 Å². The molecule has 3 aromatic rings. The lowest BCUT2D eigenvalue weighted by molar-refractivity contribution is 0.0579. The maximum atomic E-state index is 13.3. The standard InChI is InChI=1S/C24H29N3O3S/c1-14(2)25-23(28)22-19(18-10-5-6-11-20(18)31-22)13-17-9-7-8-12-27(17)24(29)21-15(3)26-16(4)30-21/h5-6,10-11,14,17H,7-9,12-13H2,1-4H3,(H,25,28). The first-order chi connectivity index (χ1) is 14.8. The number of amides is 2. The first kappa shape index (κ1) is 21.6. The molecule has 164 valence electrons. The third-order valence-corrected chi connectivity index (χ3v) is 6.96. The SMILES string of the molecule is Cc1nc(C)c(C(=O)N2CCCCC2Cc2c(C(=O)NC(C)C)sc3ccccc23)o1. The molecule has 2 amide bonds. The number of hydrogen-bond donors (Lipinski definition) is 1. The number of nitrogens with zero attached hydrogens (tertiary/aromatic N) is 2. The summed E-state index contributed by atoms with van der Waals surface area (Å²) in [6.45, 7) is 8.19. The number of carbonyl (C=O) groups is 2. The molecular formula is C24H29N3O3S. The van der Waals surface area contributed by atoms with Crippen LogP contribution in [0.1, 0.15) is 70.5 Å². The van der Waals surface area contributed by atoms with E-state index in [2.05, 4.69) is 22.4 Å². The van der Waals surface area contributed by atoms with Crippen LogP contribution in [0, 0.1) is 13.8 Å². The Labute approximate surface area is 186 Å². The zero-order valence-electron chi connectivity index (χ0n) is 18.5. The number of nitrogens with one attached hydrogen (secondary N) is 1. The minimum atomic E-state index is -0.101. The molecule has 0 spiro atoms. The lowest BCUT2D eigenvalue weighted by Gasteiger charge is -2.35. The molecule has 1 aromatic carbocycles. The minimum absolute atomic E-state index is 0.0228. The van der Waals surface area contributed by atoms with Gasteiger partial charge < -0.3 is 14.6 Å². The Bertz CT molecular complexity index is 1110. The molecule has 1 aliphatic heterocycles. The predicted molar refractivity (Wildman–Crippen MR) is 123 cm³/mol. The molecular weight excluding hydrogens is 410 g/mol. The lowest BCUT2D eigenvalue weighted by atomic mass is 9.93. The van der Waals surface area contributed by atoms with Gasteiger partial charge in [0.2, 0.25) is 5.76 Å². The molecule has 3 heterocycles. The number of oxazole rings is 1. The highest BCUT2D eigenvalue weighted by atomic mass is 32.1. The van der Waals surface area contributed by atoms with Crippen molar-refractivity contribution in [2.45, 2.75) is 65.5 Å². The van der Waals surface area contributed by atoms with Crippen molar-refractivity contribution >= 4 is 33.2 Å². The van der Waals surface area contributed by atoms with Gasteiger partial charge in [-0.25, -0.2) is 4.98 Å². The van der Waals surface area contributed by atoms with Crippen molar-refractivity contribution in [2.24, 2.45) is 0 Å². The number of piperidine rings is 1. The van der Waals surface area contributed by atoms with Gasteiger partial charge in [0.25, 0.3) is 11.8 Å². The van der Waals surface area contributed by atoms with Gasteiger partial charge in [0.05, 0.1) is 10.6 Å². The van der Waals surface area contributed by atoms with Gasteiger partial charge in [-0.1, -0.05) is 18.2 Å². The highest BCUT2D eigenvalue weighted by molar-refractivity contribution is 7.21. The zero-order chi connectivity index (χ0) is 22.1. The van der Waals surface area contributed by atoms with E-state index in [9.17, 15) is 9.59 Å². The highest BCUT2D eigenvalue weighted by Gasteiger charge is 2.32. The smallest absolute Gasteiger partial charge is 0.291 e. The Morgan fingerprint density at radius 3 is 2.74 bits per heavy atom. The van der Waals surface area contributed by atoms with Gasteiger partial charge >= 0.3 is 0 Å². The van der Waals surface area contributed by atoms with Crippen molar-refractivity contribution in [3.8, 4) is 0 Å². The molecule has 0 bridgehead atoms. The number of aromatic nitrogens is 1. The molecule has 1 unspecified atom stereocenters. The van der Waals surface area contributed by atoms with Gasteiger partial charge in [0.15, 0.2) is 5.89 Å². The second-order valence-electron chi connectivity index (χ2n) is 8.53. The molecule has 1 N–H and O–H groups in total. The number of rotatable bonds is 5. The Morgan fingerprint density at radius 2 is 2.03 bits per heavy atom. The van der Waals surface area contributed by atoms with E-state index < -0.39 is 0 Å². The summed E-state index contributed by atoms with van der Waals surface area (Å²) in [6.07, 6.45) is 3.61. The van der Waals surface area contributed by atoms with Crippen LogP contribution in [0.15, 0.2) is 28.7 Å². The van der Waals surface area contributed by atoms with Crippen molar-refractivity contribution in [1.82, 2.24) is 15.2 Å². The summed E-state index contributed by atoms with van der Waals surface area (Å²) in [5, 5.41) is 4.14. The van der Waals surface area contributed by atoms with Crippen molar-refractivity contribution < 1.29 is 14.0 Å². The van der Waals surface area contributed by atoms with Crippen LogP contribution < -0.4 is 5.32 Å². The minimum Gasteiger partial charge on any atom is -0.436 e. The van der Waals surface area contributed by atoms with Crippen LogP contribution in [0.4, 0.5) is 0 Å². The summed E-state index contributed by atoms with van der Waals surface area (Å²) >= 11 is 1.53. The average Bonchev–Trinajstić information content (AvgIpc) is 3.27. The molecule has 7 heteroatoms. The molecule has 6 nitrogen and oxygen atoms in total. The van der Waals surface area contributed by atoms with E-state index in [1.54, 1.807) is 6.92 Å². The molecule has 0 saturated carbocycles. The number of hydrogen-bond acceptors (Lipinski definition) is 5. The summed E-state index contributed by atoms with van der Waals surface area (Å²) in [5.74, 6) is 0.695. The predicted octanol–water partition coefficient (Wildman–Crippen LogP) is 4.88. The van der Waals surface area contributed by atoms with Crippen molar-refractivity contribution in [1.29, 1.82) is 0 Å². The highest BCUT2D eigenvalue weighted by Crippen LogP contribution is 2.34. The fourth-order valence-electron chi connectivity index (χ4n) is 4.39. The van der Waals surface area contributed by atoms with E-state index in [4.69, 9.17) is 4.42 Å². The van der Waals surface area contributed by atoms with Crippen LogP contribution >= 0.6 is 11.3 Å². The summed E-state index contributed by atoms with van der Waals surface area (Å²) in [5.41, 5.74) is 1.67. The third-order valence-electron chi connectivity index (χ3n) is 5.75. The third kappa shape index (κ3) is 4.37. The summed E-state index contributed by atoms with van der Waals surface area (Å²) in [6, 6.07) is 8.23. The van der Waals surface area contributed by atoms with E-state index in [0.717, 1.165) is 39.8 Å². The molecule has 0 aliphatic carbocycles. The quantitative estimate of drug-likeness (QED) is 0.615. The van der Waals surface area contributed by atoms with Crippen molar-refractivity contribution in [2.75, 3.05) is 6.54 Å². The van der Waals surface area contributed by atoms with Gasteiger partial charge in [-0.15, -0.1) is 11.3 Å². The van der Waals surface area contributed by atoms with Gasteiger partial charge in [0.1, 0.15) is 0 Å². The molecule has 1 fully saturated rings. The maximum Gasteiger partial charge on any atom is 0.291 e. The van der Waals surface area contributed by atoms with E-state index in [1.807, 2.05) is 37.8 Å². The number of carbonyl (C=O) groups excluding carboxylic acids is 2. The normalized spacial score (nSPS) is 16.8. The number of aryl methyl sites for hydroxylation is 2. The van der Waals surface area contributed by atoms with E-state index in [1.165, 1.54) is 11.3 Å². The Morgan fingerprint density at radius 1 is 1.26 bits per heavy atom. The number of fused-ring (bicyclic) bond motifs is 1. The topological polar surface area (TPSA) is 75.4 Å². The second kappa shape index (κ2) is 8.83. The van der Waals surface area contributed by atoms with Crippen LogP contribution in [0.25, 0.3) is 10.1 Å². The first-order valence-corrected chi connectivity index (χ1v) is 11.7. The second-order valence-corrected chi connectivity index (χ2v) is 9.59. The number of thiophene rings is 1. The maximum absolute atomic E-state index is 13.3.